The second-order valence-corrected chi connectivity index (χ2v) is 3.81. The van der Waals surface area contributed by atoms with Crippen LogP contribution in [0.1, 0.15) is 26.7 Å². The Kier molecular flexibility index (Phi) is 2.76. The lowest BCUT2D eigenvalue weighted by Gasteiger charge is -2.22. The quantitative estimate of drug-likeness (QED) is 0.759. The van der Waals surface area contributed by atoms with Gasteiger partial charge in [-0.05, 0) is 12.3 Å². The van der Waals surface area contributed by atoms with Crippen LogP contribution in [0.25, 0.3) is 0 Å². The lowest BCUT2D eigenvalue weighted by Crippen LogP contribution is -2.45. The summed E-state index contributed by atoms with van der Waals surface area (Å²) in [6.07, 6.45) is -4.98. The van der Waals surface area contributed by atoms with E-state index >= 15 is 0 Å². The molecule has 0 aromatic heterocycles. The second-order valence-electron chi connectivity index (χ2n) is 3.81. The van der Waals surface area contributed by atoms with Gasteiger partial charge in [0, 0.05) is 0 Å². The summed E-state index contributed by atoms with van der Waals surface area (Å²) >= 11 is 0. The highest BCUT2D eigenvalue weighted by Crippen LogP contribution is 2.38. The zero-order valence-corrected chi connectivity index (χ0v) is 7.93. The fourth-order valence-corrected chi connectivity index (χ4v) is 1.21. The molecule has 0 aliphatic carbocycles. The van der Waals surface area contributed by atoms with Gasteiger partial charge in [0.1, 0.15) is 0 Å². The molecule has 14 heavy (non-hydrogen) atoms. The Morgan fingerprint density at radius 1 is 1.57 bits per heavy atom. The van der Waals surface area contributed by atoms with Crippen molar-refractivity contribution in [3.8, 4) is 0 Å². The molecule has 0 spiro atoms. The topological polar surface area (TPSA) is 41.8 Å². The van der Waals surface area contributed by atoms with Gasteiger partial charge in [0.25, 0.3) is 0 Å². The fourth-order valence-electron chi connectivity index (χ4n) is 1.21. The number of nitrogens with zero attached hydrogens (tertiary/aromatic N) is 1. The van der Waals surface area contributed by atoms with Crippen LogP contribution in [0, 0.1) is 5.92 Å². The summed E-state index contributed by atoms with van der Waals surface area (Å²) in [5, 5.41) is 12.3. The van der Waals surface area contributed by atoms with Crippen LogP contribution >= 0.6 is 0 Å². The maximum Gasteiger partial charge on any atom is 0.458 e. The Morgan fingerprint density at radius 2 is 2.14 bits per heavy atom. The number of aliphatic hydroxyl groups is 1. The highest BCUT2D eigenvalue weighted by molar-refractivity contribution is 5.86. The molecule has 1 atom stereocenters. The van der Waals surface area contributed by atoms with Crippen molar-refractivity contribution in [2.24, 2.45) is 11.1 Å². The molecule has 82 valence electrons. The Morgan fingerprint density at radius 3 is 2.50 bits per heavy atom. The minimum Gasteiger partial charge on any atom is -0.350 e. The van der Waals surface area contributed by atoms with Gasteiger partial charge in [-0.15, -0.1) is 0 Å². The average Bonchev–Trinajstić information content (AvgIpc) is 2.30. The third-order valence-electron chi connectivity index (χ3n) is 1.86. The van der Waals surface area contributed by atoms with Gasteiger partial charge >= 0.3 is 12.0 Å². The molecule has 6 heteroatoms. The Balaban J connectivity index is 2.61. The number of hydrogen-bond donors (Lipinski definition) is 1. The molecule has 0 bridgehead atoms. The van der Waals surface area contributed by atoms with Crippen molar-refractivity contribution in [3.63, 3.8) is 0 Å². The van der Waals surface area contributed by atoms with Crippen molar-refractivity contribution in [1.29, 1.82) is 0 Å². The van der Waals surface area contributed by atoms with E-state index in [1.807, 2.05) is 13.8 Å². The third kappa shape index (κ3) is 2.17. The first-order valence-electron chi connectivity index (χ1n) is 4.27. The molecule has 0 radical (unpaired) electrons. The number of rotatable bonds is 2. The van der Waals surface area contributed by atoms with E-state index in [4.69, 9.17) is 5.11 Å². The van der Waals surface area contributed by atoms with Crippen LogP contribution in [0.4, 0.5) is 13.2 Å². The predicted molar refractivity (Wildman–Crippen MR) is 43.6 cm³/mol. The van der Waals surface area contributed by atoms with Crippen molar-refractivity contribution >= 4 is 5.71 Å². The summed E-state index contributed by atoms with van der Waals surface area (Å²) in [6, 6.07) is 0. The van der Waals surface area contributed by atoms with Gasteiger partial charge < -0.3 is 9.94 Å². The Labute approximate surface area is 79.5 Å². The zero-order chi connectivity index (χ0) is 11.0. The molecule has 1 aliphatic heterocycles. The van der Waals surface area contributed by atoms with E-state index in [2.05, 4.69) is 9.99 Å². The van der Waals surface area contributed by atoms with Crippen LogP contribution in [0.2, 0.25) is 0 Å². The van der Waals surface area contributed by atoms with Gasteiger partial charge in [-0.25, -0.2) is 0 Å². The van der Waals surface area contributed by atoms with E-state index < -0.39 is 18.4 Å². The van der Waals surface area contributed by atoms with Gasteiger partial charge in [0.2, 0.25) is 0 Å². The summed E-state index contributed by atoms with van der Waals surface area (Å²) in [5.41, 5.74) is 0.250. The van der Waals surface area contributed by atoms with E-state index in [1.165, 1.54) is 0 Å². The predicted octanol–water partition coefficient (Wildman–Crippen LogP) is 2.06. The molecular formula is C8H12F3NO2. The highest BCUT2D eigenvalue weighted by atomic mass is 19.4. The Hall–Kier alpha value is -0.780. The van der Waals surface area contributed by atoms with Crippen molar-refractivity contribution in [1.82, 2.24) is 0 Å². The first kappa shape index (κ1) is 11.3. The number of halogens is 3. The van der Waals surface area contributed by atoms with E-state index in [-0.39, 0.29) is 11.6 Å². The molecule has 0 aromatic carbocycles. The normalized spacial score (nSPS) is 27.8. The van der Waals surface area contributed by atoms with Gasteiger partial charge in [-0.3, -0.25) is 0 Å². The van der Waals surface area contributed by atoms with Gasteiger partial charge in [0.15, 0.2) is 0 Å². The molecule has 0 fully saturated rings. The van der Waals surface area contributed by atoms with Crippen LogP contribution in [0.5, 0.6) is 0 Å². The maximum absolute atomic E-state index is 12.2. The maximum atomic E-state index is 12.2. The van der Waals surface area contributed by atoms with Crippen LogP contribution < -0.4 is 0 Å². The smallest absolute Gasteiger partial charge is 0.350 e. The monoisotopic (exact) mass is 211 g/mol. The molecule has 3 nitrogen and oxygen atoms in total. The summed E-state index contributed by atoms with van der Waals surface area (Å²) in [4.78, 5) is 4.04. The standard InChI is InChI=1S/C8H12F3NO2/c1-5(2)3-6-4-7(13,14-12-6)8(9,10)11/h5,13H,3-4H2,1-2H3. The summed E-state index contributed by atoms with van der Waals surface area (Å²) in [6.45, 7) is 3.71. The lowest BCUT2D eigenvalue weighted by molar-refractivity contribution is -0.355. The molecule has 1 N–H and O–H groups in total. The fraction of sp³-hybridized carbons (Fsp3) is 0.875. The highest BCUT2D eigenvalue weighted by Gasteiger charge is 2.60. The van der Waals surface area contributed by atoms with Crippen LogP contribution in [-0.2, 0) is 4.84 Å². The molecule has 0 saturated carbocycles. The average molecular weight is 211 g/mol. The number of hydrogen-bond acceptors (Lipinski definition) is 3. The van der Waals surface area contributed by atoms with Gasteiger partial charge in [0.05, 0.1) is 12.1 Å². The van der Waals surface area contributed by atoms with Crippen LogP contribution in [0.15, 0.2) is 5.16 Å². The van der Waals surface area contributed by atoms with Crippen LogP contribution in [-0.4, -0.2) is 22.8 Å². The number of oxime groups is 1. The summed E-state index contributed by atoms with van der Waals surface area (Å²) < 4.78 is 36.6. The van der Waals surface area contributed by atoms with Gasteiger partial charge in [-0.1, -0.05) is 19.0 Å². The Bertz CT molecular complexity index is 249. The second kappa shape index (κ2) is 3.42. The summed E-state index contributed by atoms with van der Waals surface area (Å²) in [5.74, 6) is -2.93. The van der Waals surface area contributed by atoms with Gasteiger partial charge in [-0.2, -0.15) is 13.2 Å². The lowest BCUT2D eigenvalue weighted by atomic mass is 10.0. The first-order chi connectivity index (χ1) is 6.24. The van der Waals surface area contributed by atoms with Crippen molar-refractivity contribution in [2.75, 3.05) is 0 Å². The van der Waals surface area contributed by atoms with Crippen molar-refractivity contribution < 1.29 is 23.1 Å². The van der Waals surface area contributed by atoms with E-state index in [9.17, 15) is 13.2 Å². The molecule has 1 heterocycles. The molecule has 0 aromatic rings. The third-order valence-corrected chi connectivity index (χ3v) is 1.86. The minimum absolute atomic E-state index is 0.188. The van der Waals surface area contributed by atoms with E-state index in [1.54, 1.807) is 0 Å². The van der Waals surface area contributed by atoms with E-state index in [0.29, 0.717) is 6.42 Å². The largest absolute Gasteiger partial charge is 0.458 e. The van der Waals surface area contributed by atoms with Crippen LogP contribution in [0.3, 0.4) is 0 Å². The van der Waals surface area contributed by atoms with E-state index in [0.717, 1.165) is 0 Å². The SMILES string of the molecule is CC(C)CC1=NOC(O)(C(F)(F)F)C1. The minimum atomic E-state index is -4.80. The number of alkyl halides is 3. The zero-order valence-electron chi connectivity index (χ0n) is 7.93. The first-order valence-corrected chi connectivity index (χ1v) is 4.27. The molecule has 1 rings (SSSR count). The molecule has 1 aliphatic rings. The summed E-state index contributed by atoms with van der Waals surface area (Å²) in [7, 11) is 0. The van der Waals surface area contributed by atoms with Crippen molar-refractivity contribution in [2.45, 2.75) is 38.7 Å². The molecule has 1 unspecified atom stereocenters. The van der Waals surface area contributed by atoms with Crippen molar-refractivity contribution in [3.05, 3.63) is 0 Å². The molecule has 0 amide bonds. The molecule has 0 saturated heterocycles. The molecular weight excluding hydrogens is 199 g/mol.